The van der Waals surface area contributed by atoms with Gasteiger partial charge in [0.25, 0.3) is 0 Å². The molecule has 1 unspecified atom stereocenters. The van der Waals surface area contributed by atoms with Crippen LogP contribution >= 0.6 is 0 Å². The Morgan fingerprint density at radius 3 is 2.47 bits per heavy atom. The topological polar surface area (TPSA) is 23.5 Å². The molecule has 17 heavy (non-hydrogen) atoms. The maximum Gasteiger partial charge on any atom is 0.0931 e. The molecule has 0 saturated carbocycles. The van der Waals surface area contributed by atoms with Gasteiger partial charge in [0.2, 0.25) is 0 Å². The monoisotopic (exact) mass is 235 g/mol. The van der Waals surface area contributed by atoms with E-state index in [1.807, 2.05) is 26.2 Å². The van der Waals surface area contributed by atoms with E-state index in [4.69, 9.17) is 0 Å². The van der Waals surface area contributed by atoms with Crippen LogP contribution in [0.3, 0.4) is 0 Å². The lowest BCUT2D eigenvalue weighted by atomic mass is 9.79. The van der Waals surface area contributed by atoms with Crippen LogP contribution in [0.4, 0.5) is 0 Å². The number of rotatable bonds is 5. The molecule has 1 aromatic carbocycles. The predicted molar refractivity (Wildman–Crippen MR) is 73.1 cm³/mol. The number of hydrogen-bond donors (Lipinski definition) is 1. The summed E-state index contributed by atoms with van der Waals surface area (Å²) in [6, 6.07) is 8.21. The summed E-state index contributed by atoms with van der Waals surface area (Å²) in [5.74, 6) is 0.212. The van der Waals surface area contributed by atoms with Crippen LogP contribution in [0, 0.1) is 12.8 Å². The van der Waals surface area contributed by atoms with Crippen LogP contribution in [0.25, 0.3) is 0 Å². The zero-order valence-electron chi connectivity index (χ0n) is 11.7. The Balaban J connectivity index is 3.02. The Kier molecular flexibility index (Phi) is 4.72. The van der Waals surface area contributed by atoms with Crippen LogP contribution in [0.15, 0.2) is 24.3 Å². The molecule has 96 valence electrons. The highest BCUT2D eigenvalue weighted by Crippen LogP contribution is 2.33. The molecule has 2 heteroatoms. The fourth-order valence-electron chi connectivity index (χ4n) is 2.45. The van der Waals surface area contributed by atoms with Gasteiger partial charge in [0.1, 0.15) is 0 Å². The third kappa shape index (κ3) is 3.30. The highest BCUT2D eigenvalue weighted by Gasteiger charge is 2.33. The lowest BCUT2D eigenvalue weighted by molar-refractivity contribution is -0.0292. The van der Waals surface area contributed by atoms with Crippen LogP contribution in [-0.4, -0.2) is 30.6 Å². The molecular formula is C15H25NO. The summed E-state index contributed by atoms with van der Waals surface area (Å²) in [5.41, 5.74) is 1.51. The molecule has 0 aromatic heterocycles. The van der Waals surface area contributed by atoms with Gasteiger partial charge in [-0.3, -0.25) is 0 Å². The highest BCUT2D eigenvalue weighted by atomic mass is 16.3. The van der Waals surface area contributed by atoms with E-state index in [9.17, 15) is 5.11 Å². The molecule has 0 fully saturated rings. The number of benzene rings is 1. The summed E-state index contributed by atoms with van der Waals surface area (Å²) in [7, 11) is 4.09. The second-order valence-electron chi connectivity index (χ2n) is 5.31. The van der Waals surface area contributed by atoms with Crippen molar-refractivity contribution in [1.82, 2.24) is 4.90 Å². The Morgan fingerprint density at radius 2 is 2.00 bits per heavy atom. The first kappa shape index (κ1) is 14.2. The Labute approximate surface area is 105 Å². The van der Waals surface area contributed by atoms with Crippen molar-refractivity contribution in [2.45, 2.75) is 32.8 Å². The molecule has 0 saturated heterocycles. The second-order valence-corrected chi connectivity index (χ2v) is 5.31. The Bertz CT molecular complexity index is 362. The normalized spacial score (nSPS) is 16.9. The number of aliphatic hydroxyl groups is 1. The summed E-state index contributed by atoms with van der Waals surface area (Å²) in [6.45, 7) is 7.12. The zero-order chi connectivity index (χ0) is 13.1. The molecule has 1 aromatic rings. The van der Waals surface area contributed by atoms with Gasteiger partial charge in [0.15, 0.2) is 0 Å². The molecule has 0 radical (unpaired) electrons. The maximum atomic E-state index is 10.9. The van der Waals surface area contributed by atoms with Crippen molar-refractivity contribution >= 4 is 0 Å². The minimum absolute atomic E-state index is 0.212. The van der Waals surface area contributed by atoms with Crippen LogP contribution < -0.4 is 0 Å². The number of hydrogen-bond acceptors (Lipinski definition) is 2. The van der Waals surface area contributed by atoms with Gasteiger partial charge in [-0.05, 0) is 33.0 Å². The number of aryl methyl sites for hydroxylation is 1. The zero-order valence-corrected chi connectivity index (χ0v) is 11.7. The van der Waals surface area contributed by atoms with Gasteiger partial charge in [0, 0.05) is 12.5 Å². The quantitative estimate of drug-likeness (QED) is 0.848. The molecule has 0 heterocycles. The summed E-state index contributed by atoms with van der Waals surface area (Å²) in [5, 5.41) is 10.9. The molecule has 0 spiro atoms. The van der Waals surface area contributed by atoms with Crippen LogP contribution in [-0.2, 0) is 5.60 Å². The second kappa shape index (κ2) is 5.65. The first-order valence-electron chi connectivity index (χ1n) is 6.34. The lowest BCUT2D eigenvalue weighted by Crippen LogP contribution is -2.38. The van der Waals surface area contributed by atoms with Gasteiger partial charge >= 0.3 is 0 Å². The van der Waals surface area contributed by atoms with Gasteiger partial charge in [-0.25, -0.2) is 0 Å². The van der Waals surface area contributed by atoms with Gasteiger partial charge < -0.3 is 10.0 Å². The van der Waals surface area contributed by atoms with Crippen molar-refractivity contribution in [3.05, 3.63) is 35.4 Å². The van der Waals surface area contributed by atoms with Crippen molar-refractivity contribution in [3.8, 4) is 0 Å². The Hall–Kier alpha value is -0.860. The lowest BCUT2D eigenvalue weighted by Gasteiger charge is -2.35. The Morgan fingerprint density at radius 1 is 1.35 bits per heavy atom. The van der Waals surface area contributed by atoms with E-state index in [0.717, 1.165) is 18.5 Å². The molecule has 1 rings (SSSR count). The van der Waals surface area contributed by atoms with Crippen LogP contribution in [0.2, 0.25) is 0 Å². The largest absolute Gasteiger partial charge is 0.385 e. The fourth-order valence-corrected chi connectivity index (χ4v) is 2.45. The summed E-state index contributed by atoms with van der Waals surface area (Å²) >= 11 is 0. The molecule has 1 N–H and O–H groups in total. The molecule has 0 aliphatic rings. The van der Waals surface area contributed by atoms with Crippen molar-refractivity contribution in [3.63, 3.8) is 0 Å². The van der Waals surface area contributed by atoms with E-state index in [2.05, 4.69) is 37.8 Å². The highest BCUT2D eigenvalue weighted by molar-refractivity contribution is 5.28. The average molecular weight is 235 g/mol. The molecule has 2 atom stereocenters. The molecule has 0 aliphatic carbocycles. The van der Waals surface area contributed by atoms with Crippen molar-refractivity contribution < 1.29 is 5.11 Å². The smallest absolute Gasteiger partial charge is 0.0931 e. The first-order chi connectivity index (χ1) is 7.90. The standard InChI is InChI=1S/C15H25NO/c1-6-15(17,13(3)11-16(4)5)14-9-7-8-12(2)10-14/h7-10,13,17H,6,11H2,1-5H3/t13?,15-/m1/s1. The molecule has 0 aliphatic heterocycles. The van der Waals surface area contributed by atoms with E-state index < -0.39 is 5.60 Å². The van der Waals surface area contributed by atoms with Gasteiger partial charge in [0.05, 0.1) is 5.60 Å². The van der Waals surface area contributed by atoms with E-state index in [1.165, 1.54) is 5.56 Å². The van der Waals surface area contributed by atoms with Crippen LogP contribution in [0.1, 0.15) is 31.4 Å². The van der Waals surface area contributed by atoms with E-state index in [1.54, 1.807) is 0 Å². The molecular weight excluding hydrogens is 210 g/mol. The molecule has 2 nitrogen and oxygen atoms in total. The minimum atomic E-state index is -0.726. The fraction of sp³-hybridized carbons (Fsp3) is 0.600. The maximum absolute atomic E-state index is 10.9. The molecule has 0 bridgehead atoms. The van der Waals surface area contributed by atoms with Crippen molar-refractivity contribution in [1.29, 1.82) is 0 Å². The predicted octanol–water partition coefficient (Wildman–Crippen LogP) is 2.79. The third-order valence-corrected chi connectivity index (χ3v) is 3.51. The summed E-state index contributed by atoms with van der Waals surface area (Å²) in [6.07, 6.45) is 0.742. The van der Waals surface area contributed by atoms with Gasteiger partial charge in [-0.15, -0.1) is 0 Å². The molecule has 0 amide bonds. The summed E-state index contributed by atoms with van der Waals surface area (Å²) < 4.78 is 0. The number of nitrogens with zero attached hydrogens (tertiary/aromatic N) is 1. The van der Waals surface area contributed by atoms with Crippen molar-refractivity contribution in [2.75, 3.05) is 20.6 Å². The van der Waals surface area contributed by atoms with E-state index >= 15 is 0 Å². The van der Waals surface area contributed by atoms with E-state index in [-0.39, 0.29) is 5.92 Å². The van der Waals surface area contributed by atoms with E-state index in [0.29, 0.717) is 0 Å². The summed E-state index contributed by atoms with van der Waals surface area (Å²) in [4.78, 5) is 2.13. The van der Waals surface area contributed by atoms with Gasteiger partial charge in [-0.1, -0.05) is 43.7 Å². The van der Waals surface area contributed by atoms with Crippen molar-refractivity contribution in [2.24, 2.45) is 5.92 Å². The first-order valence-corrected chi connectivity index (χ1v) is 6.34. The average Bonchev–Trinajstić information content (AvgIpc) is 2.27. The SMILES string of the molecule is CC[C@](O)(c1cccc(C)c1)C(C)CN(C)C. The van der Waals surface area contributed by atoms with Gasteiger partial charge in [-0.2, -0.15) is 0 Å². The third-order valence-electron chi connectivity index (χ3n) is 3.51. The van der Waals surface area contributed by atoms with Crippen LogP contribution in [0.5, 0.6) is 0 Å². The minimum Gasteiger partial charge on any atom is -0.385 e.